The summed E-state index contributed by atoms with van der Waals surface area (Å²) < 4.78 is 7.07. The van der Waals surface area contributed by atoms with Gasteiger partial charge in [0.1, 0.15) is 0 Å². The molecule has 1 fully saturated rings. The predicted molar refractivity (Wildman–Crippen MR) is 88.1 cm³/mol. The van der Waals surface area contributed by atoms with Crippen LogP contribution in [0.15, 0.2) is 36.7 Å². The Morgan fingerprint density at radius 1 is 1.22 bits per heavy atom. The quantitative estimate of drug-likeness (QED) is 0.737. The fraction of sp³-hybridized carbons (Fsp3) is 0.312. The largest absolute Gasteiger partial charge is 0.378 e. The fourth-order valence-corrected chi connectivity index (χ4v) is 2.96. The van der Waals surface area contributed by atoms with Crippen molar-refractivity contribution in [2.24, 2.45) is 0 Å². The Labute approximate surface area is 138 Å². The Morgan fingerprint density at radius 3 is 2.91 bits per heavy atom. The first-order valence-corrected chi connectivity index (χ1v) is 7.95. The predicted octanol–water partition coefficient (Wildman–Crippen LogP) is 2.21. The van der Waals surface area contributed by atoms with Gasteiger partial charge in [0.2, 0.25) is 0 Å². The molecule has 7 heteroatoms. The van der Waals surface area contributed by atoms with Gasteiger partial charge in [-0.05, 0) is 17.7 Å². The van der Waals surface area contributed by atoms with Crippen LogP contribution in [0.3, 0.4) is 0 Å². The molecule has 0 saturated carbocycles. The zero-order valence-corrected chi connectivity index (χ0v) is 13.3. The van der Waals surface area contributed by atoms with Crippen LogP contribution in [-0.4, -0.2) is 45.9 Å². The molecule has 1 aliphatic rings. The van der Waals surface area contributed by atoms with Crippen LogP contribution in [0, 0.1) is 0 Å². The fourth-order valence-electron chi connectivity index (χ4n) is 2.77. The van der Waals surface area contributed by atoms with Gasteiger partial charge in [-0.3, -0.25) is 0 Å². The van der Waals surface area contributed by atoms with Crippen LogP contribution < -0.4 is 4.90 Å². The molecule has 0 N–H and O–H groups in total. The van der Waals surface area contributed by atoms with Crippen LogP contribution in [0.5, 0.6) is 0 Å². The van der Waals surface area contributed by atoms with E-state index in [4.69, 9.17) is 16.3 Å². The smallest absolute Gasteiger partial charge is 0.193 e. The SMILES string of the molecule is Clc1nccn2nc(Cc3cccc(N4CCOCC4)c3)nc12. The van der Waals surface area contributed by atoms with Crippen molar-refractivity contribution in [2.45, 2.75) is 6.42 Å². The second-order valence-corrected chi connectivity index (χ2v) is 5.82. The number of rotatable bonds is 3. The molecule has 3 heterocycles. The molecule has 118 valence electrons. The van der Waals surface area contributed by atoms with Crippen molar-refractivity contribution < 1.29 is 4.74 Å². The summed E-state index contributed by atoms with van der Waals surface area (Å²) in [7, 11) is 0. The first-order valence-electron chi connectivity index (χ1n) is 7.57. The van der Waals surface area contributed by atoms with Crippen LogP contribution in [-0.2, 0) is 11.2 Å². The molecule has 0 spiro atoms. The molecular formula is C16H16ClN5O. The Balaban J connectivity index is 1.59. The topological polar surface area (TPSA) is 55.5 Å². The van der Waals surface area contributed by atoms with Crippen LogP contribution >= 0.6 is 11.6 Å². The lowest BCUT2D eigenvalue weighted by molar-refractivity contribution is 0.122. The van der Waals surface area contributed by atoms with E-state index in [0.29, 0.717) is 17.2 Å². The maximum Gasteiger partial charge on any atom is 0.193 e. The molecule has 2 aromatic heterocycles. The maximum absolute atomic E-state index is 6.05. The normalized spacial score (nSPS) is 15.3. The summed E-state index contributed by atoms with van der Waals surface area (Å²) in [5, 5.41) is 4.83. The highest BCUT2D eigenvalue weighted by Gasteiger charge is 2.13. The van der Waals surface area contributed by atoms with Crippen molar-refractivity contribution in [3.8, 4) is 0 Å². The molecule has 3 aromatic rings. The van der Waals surface area contributed by atoms with E-state index >= 15 is 0 Å². The first-order chi connectivity index (χ1) is 11.3. The summed E-state index contributed by atoms with van der Waals surface area (Å²) in [5.41, 5.74) is 2.98. The van der Waals surface area contributed by atoms with Gasteiger partial charge in [-0.25, -0.2) is 14.5 Å². The van der Waals surface area contributed by atoms with E-state index in [9.17, 15) is 0 Å². The van der Waals surface area contributed by atoms with E-state index in [0.717, 1.165) is 32.1 Å². The van der Waals surface area contributed by atoms with Crippen molar-refractivity contribution in [1.82, 2.24) is 19.6 Å². The number of aromatic nitrogens is 4. The van der Waals surface area contributed by atoms with Gasteiger partial charge >= 0.3 is 0 Å². The monoisotopic (exact) mass is 329 g/mol. The summed E-state index contributed by atoms with van der Waals surface area (Å²) in [4.78, 5) is 10.8. The van der Waals surface area contributed by atoms with Crippen LogP contribution in [0.1, 0.15) is 11.4 Å². The Kier molecular flexibility index (Phi) is 3.85. The molecule has 0 atom stereocenters. The summed E-state index contributed by atoms with van der Waals surface area (Å²) in [5.74, 6) is 0.735. The zero-order valence-electron chi connectivity index (χ0n) is 12.5. The van der Waals surface area contributed by atoms with Gasteiger partial charge in [0.05, 0.1) is 13.2 Å². The first kappa shape index (κ1) is 14.4. The molecule has 0 unspecified atom stereocenters. The van der Waals surface area contributed by atoms with E-state index in [1.807, 2.05) is 0 Å². The highest BCUT2D eigenvalue weighted by atomic mass is 35.5. The average Bonchev–Trinajstić information content (AvgIpc) is 3.00. The standard InChI is InChI=1S/C16H16ClN5O/c17-15-16-19-14(20-22(16)5-4-18-15)11-12-2-1-3-13(10-12)21-6-8-23-9-7-21/h1-5,10H,6-9,11H2. The highest BCUT2D eigenvalue weighted by Crippen LogP contribution is 2.19. The van der Waals surface area contributed by atoms with E-state index in [2.05, 4.69) is 44.2 Å². The minimum absolute atomic E-state index is 0.369. The number of benzene rings is 1. The summed E-state index contributed by atoms with van der Waals surface area (Å²) in [6.45, 7) is 3.42. The number of morpholine rings is 1. The third-order valence-electron chi connectivity index (χ3n) is 3.90. The third-order valence-corrected chi connectivity index (χ3v) is 4.17. The molecule has 0 bridgehead atoms. The van der Waals surface area contributed by atoms with Crippen LogP contribution in [0.4, 0.5) is 5.69 Å². The Morgan fingerprint density at radius 2 is 2.09 bits per heavy atom. The lowest BCUT2D eigenvalue weighted by Gasteiger charge is -2.29. The lowest BCUT2D eigenvalue weighted by atomic mass is 10.1. The number of nitrogens with zero attached hydrogens (tertiary/aromatic N) is 5. The van der Waals surface area contributed by atoms with Crippen molar-refractivity contribution >= 4 is 22.9 Å². The van der Waals surface area contributed by atoms with E-state index in [-0.39, 0.29) is 0 Å². The van der Waals surface area contributed by atoms with Gasteiger partial charge in [-0.2, -0.15) is 5.10 Å². The van der Waals surface area contributed by atoms with Gasteiger partial charge in [0.15, 0.2) is 16.6 Å². The molecule has 1 saturated heterocycles. The van der Waals surface area contributed by atoms with E-state index in [1.54, 1.807) is 16.9 Å². The maximum atomic E-state index is 6.05. The molecule has 0 aliphatic carbocycles. The molecule has 0 amide bonds. The number of hydrogen-bond acceptors (Lipinski definition) is 5. The van der Waals surface area contributed by atoms with Crippen molar-refractivity contribution in [1.29, 1.82) is 0 Å². The molecule has 4 rings (SSSR count). The van der Waals surface area contributed by atoms with E-state index in [1.165, 1.54) is 11.3 Å². The van der Waals surface area contributed by atoms with Gasteiger partial charge in [-0.15, -0.1) is 0 Å². The van der Waals surface area contributed by atoms with Gasteiger partial charge in [0.25, 0.3) is 0 Å². The van der Waals surface area contributed by atoms with Crippen LogP contribution in [0.2, 0.25) is 5.15 Å². The second-order valence-electron chi connectivity index (χ2n) is 5.46. The number of halogens is 1. The molecular weight excluding hydrogens is 314 g/mol. The average molecular weight is 330 g/mol. The molecule has 0 radical (unpaired) electrons. The molecule has 1 aromatic carbocycles. The molecule has 23 heavy (non-hydrogen) atoms. The minimum atomic E-state index is 0.369. The molecule has 6 nitrogen and oxygen atoms in total. The number of ether oxygens (including phenoxy) is 1. The van der Waals surface area contributed by atoms with Crippen LogP contribution in [0.25, 0.3) is 5.65 Å². The second kappa shape index (κ2) is 6.14. The van der Waals surface area contributed by atoms with E-state index < -0.39 is 0 Å². The van der Waals surface area contributed by atoms with Crippen molar-refractivity contribution in [2.75, 3.05) is 31.2 Å². The van der Waals surface area contributed by atoms with Gasteiger partial charge in [-0.1, -0.05) is 23.7 Å². The number of anilines is 1. The Bertz CT molecular complexity index is 828. The van der Waals surface area contributed by atoms with Crippen molar-refractivity contribution in [3.63, 3.8) is 0 Å². The van der Waals surface area contributed by atoms with Gasteiger partial charge < -0.3 is 9.64 Å². The number of fused-ring (bicyclic) bond motifs is 1. The summed E-state index contributed by atoms with van der Waals surface area (Å²) >= 11 is 6.05. The number of hydrogen-bond donors (Lipinski definition) is 0. The lowest BCUT2D eigenvalue weighted by Crippen LogP contribution is -2.36. The Hall–Kier alpha value is -2.18. The summed E-state index contributed by atoms with van der Waals surface area (Å²) in [6.07, 6.45) is 4.03. The summed E-state index contributed by atoms with van der Waals surface area (Å²) in [6, 6.07) is 8.49. The highest BCUT2D eigenvalue weighted by molar-refractivity contribution is 6.32. The minimum Gasteiger partial charge on any atom is -0.378 e. The zero-order chi connectivity index (χ0) is 15.6. The van der Waals surface area contributed by atoms with Gasteiger partial charge in [0, 0.05) is 37.6 Å². The third kappa shape index (κ3) is 3.00. The molecule has 1 aliphatic heterocycles. The van der Waals surface area contributed by atoms with Crippen molar-refractivity contribution in [3.05, 3.63) is 53.2 Å².